The largest absolute Gasteiger partial charge is 0.507 e. The molecular weight excluding hydrogens is 236 g/mol. The van der Waals surface area contributed by atoms with Gasteiger partial charge in [-0.15, -0.1) is 0 Å². The Labute approximate surface area is 114 Å². The van der Waals surface area contributed by atoms with Gasteiger partial charge in [0.05, 0.1) is 5.52 Å². The Kier molecular flexibility index (Phi) is 3.23. The molecule has 1 aliphatic heterocycles. The summed E-state index contributed by atoms with van der Waals surface area (Å²) in [6.45, 7) is 7.68. The van der Waals surface area contributed by atoms with Crippen molar-refractivity contribution in [2.75, 3.05) is 13.1 Å². The highest BCUT2D eigenvalue weighted by Gasteiger charge is 2.18. The van der Waals surface area contributed by atoms with Gasteiger partial charge >= 0.3 is 0 Å². The summed E-state index contributed by atoms with van der Waals surface area (Å²) in [5.74, 6) is 0.408. The fourth-order valence-corrected chi connectivity index (χ4v) is 3.10. The van der Waals surface area contributed by atoms with Crippen molar-refractivity contribution in [1.29, 1.82) is 0 Å². The second kappa shape index (κ2) is 4.89. The van der Waals surface area contributed by atoms with Crippen molar-refractivity contribution in [2.45, 2.75) is 39.3 Å². The van der Waals surface area contributed by atoms with Crippen molar-refractivity contribution in [2.24, 2.45) is 0 Å². The van der Waals surface area contributed by atoms with E-state index in [2.05, 4.69) is 35.6 Å². The lowest BCUT2D eigenvalue weighted by Gasteiger charge is -2.13. The molecule has 3 heteroatoms. The lowest BCUT2D eigenvalue weighted by molar-refractivity contribution is 0.332. The molecule has 2 heterocycles. The van der Waals surface area contributed by atoms with Gasteiger partial charge in [0, 0.05) is 24.2 Å². The van der Waals surface area contributed by atoms with E-state index in [0.717, 1.165) is 17.4 Å². The van der Waals surface area contributed by atoms with Crippen LogP contribution in [0.5, 0.6) is 5.75 Å². The number of aromatic nitrogens is 1. The Morgan fingerprint density at radius 1 is 1.21 bits per heavy atom. The Hall–Kier alpha value is -1.48. The summed E-state index contributed by atoms with van der Waals surface area (Å²) in [7, 11) is 0. The summed E-state index contributed by atoms with van der Waals surface area (Å²) >= 11 is 0. The topological polar surface area (TPSA) is 28.4 Å². The molecule has 102 valence electrons. The van der Waals surface area contributed by atoms with Crippen molar-refractivity contribution < 1.29 is 5.11 Å². The van der Waals surface area contributed by atoms with E-state index in [1.54, 1.807) is 6.07 Å². The molecule has 0 unspecified atom stereocenters. The van der Waals surface area contributed by atoms with Gasteiger partial charge in [0.2, 0.25) is 0 Å². The maximum absolute atomic E-state index is 10.2. The third-order valence-corrected chi connectivity index (χ3v) is 4.06. The first-order valence-electron chi connectivity index (χ1n) is 7.20. The number of hydrogen-bond donors (Lipinski definition) is 1. The molecule has 3 nitrogen and oxygen atoms in total. The van der Waals surface area contributed by atoms with Crippen LogP contribution in [0.1, 0.15) is 38.3 Å². The molecule has 1 aromatic carbocycles. The van der Waals surface area contributed by atoms with Crippen LogP contribution in [-0.4, -0.2) is 27.7 Å². The molecule has 0 radical (unpaired) electrons. The highest BCUT2D eigenvalue weighted by Crippen LogP contribution is 2.32. The van der Waals surface area contributed by atoms with Crippen molar-refractivity contribution in [3.63, 3.8) is 0 Å². The van der Waals surface area contributed by atoms with Crippen LogP contribution in [0.3, 0.4) is 0 Å². The summed E-state index contributed by atoms with van der Waals surface area (Å²) in [6, 6.07) is 6.23. The number of fused-ring (bicyclic) bond motifs is 1. The molecule has 1 fully saturated rings. The second-order valence-corrected chi connectivity index (χ2v) is 5.81. The monoisotopic (exact) mass is 258 g/mol. The normalized spacial score (nSPS) is 16.8. The summed E-state index contributed by atoms with van der Waals surface area (Å²) in [6.07, 6.45) is 4.82. The van der Waals surface area contributed by atoms with E-state index in [9.17, 15) is 5.11 Å². The van der Waals surface area contributed by atoms with Gasteiger partial charge in [0.15, 0.2) is 0 Å². The van der Waals surface area contributed by atoms with Crippen LogP contribution in [0.4, 0.5) is 0 Å². The van der Waals surface area contributed by atoms with Gasteiger partial charge in [-0.25, -0.2) is 0 Å². The molecule has 2 aromatic rings. The van der Waals surface area contributed by atoms with Gasteiger partial charge < -0.3 is 9.67 Å². The molecule has 1 N–H and O–H groups in total. The zero-order chi connectivity index (χ0) is 13.4. The third kappa shape index (κ3) is 2.23. The Morgan fingerprint density at radius 3 is 2.63 bits per heavy atom. The third-order valence-electron chi connectivity index (χ3n) is 4.06. The van der Waals surface area contributed by atoms with Crippen LogP contribution >= 0.6 is 0 Å². The number of phenolic OH excluding ortho intramolecular Hbond substituents is 1. The van der Waals surface area contributed by atoms with E-state index < -0.39 is 0 Å². The zero-order valence-electron chi connectivity index (χ0n) is 11.8. The fourth-order valence-electron chi connectivity index (χ4n) is 3.10. The van der Waals surface area contributed by atoms with Crippen LogP contribution in [0.2, 0.25) is 0 Å². The van der Waals surface area contributed by atoms with Gasteiger partial charge in [-0.1, -0.05) is 6.07 Å². The predicted molar refractivity (Wildman–Crippen MR) is 78.5 cm³/mol. The van der Waals surface area contributed by atoms with E-state index >= 15 is 0 Å². The Balaban J connectivity index is 2.07. The molecule has 1 saturated heterocycles. The number of benzene rings is 1. The summed E-state index contributed by atoms with van der Waals surface area (Å²) in [5, 5.41) is 11.2. The summed E-state index contributed by atoms with van der Waals surface area (Å²) in [5.41, 5.74) is 2.40. The molecule has 3 rings (SSSR count). The fraction of sp³-hybridized carbons (Fsp3) is 0.500. The van der Waals surface area contributed by atoms with Crippen LogP contribution in [0.15, 0.2) is 24.4 Å². The number of rotatable bonds is 3. The van der Waals surface area contributed by atoms with E-state index in [1.165, 1.54) is 31.5 Å². The maximum Gasteiger partial charge on any atom is 0.125 e. The smallest absolute Gasteiger partial charge is 0.125 e. The number of aromatic hydroxyl groups is 1. The molecule has 0 bridgehead atoms. The van der Waals surface area contributed by atoms with E-state index in [0.29, 0.717) is 11.8 Å². The van der Waals surface area contributed by atoms with E-state index in [4.69, 9.17) is 0 Å². The summed E-state index contributed by atoms with van der Waals surface area (Å²) in [4.78, 5) is 2.48. The highest BCUT2D eigenvalue weighted by atomic mass is 16.3. The van der Waals surface area contributed by atoms with Crippen LogP contribution in [-0.2, 0) is 6.54 Å². The standard InChI is InChI=1S/C16H22N2O/c1-12(2)18-11-13(10-17-8-3-4-9-17)16-14(18)6-5-7-15(16)19/h5-7,11-12,19H,3-4,8-10H2,1-2H3. The zero-order valence-corrected chi connectivity index (χ0v) is 11.8. The van der Waals surface area contributed by atoms with Gasteiger partial charge in [-0.2, -0.15) is 0 Å². The minimum absolute atomic E-state index is 0.408. The van der Waals surface area contributed by atoms with Crippen molar-refractivity contribution in [3.05, 3.63) is 30.0 Å². The number of likely N-dealkylation sites (tertiary alicyclic amines) is 1. The van der Waals surface area contributed by atoms with Gasteiger partial charge in [0.1, 0.15) is 5.75 Å². The molecular formula is C16H22N2O. The lowest BCUT2D eigenvalue weighted by Crippen LogP contribution is -2.18. The average Bonchev–Trinajstić information content (AvgIpc) is 2.98. The van der Waals surface area contributed by atoms with Crippen LogP contribution in [0, 0.1) is 0 Å². The number of phenols is 1. The molecule has 0 saturated carbocycles. The molecule has 1 aromatic heterocycles. The molecule has 1 aliphatic rings. The van der Waals surface area contributed by atoms with E-state index in [-0.39, 0.29) is 0 Å². The average molecular weight is 258 g/mol. The minimum atomic E-state index is 0.408. The lowest BCUT2D eigenvalue weighted by atomic mass is 10.1. The van der Waals surface area contributed by atoms with Crippen LogP contribution < -0.4 is 0 Å². The molecule has 0 amide bonds. The first-order valence-corrected chi connectivity index (χ1v) is 7.20. The molecule has 0 aliphatic carbocycles. The maximum atomic E-state index is 10.2. The predicted octanol–water partition coefficient (Wildman–Crippen LogP) is 3.52. The molecule has 19 heavy (non-hydrogen) atoms. The quantitative estimate of drug-likeness (QED) is 0.912. The van der Waals surface area contributed by atoms with Gasteiger partial charge in [-0.05, 0) is 57.5 Å². The Bertz CT molecular complexity index is 580. The highest BCUT2D eigenvalue weighted by molar-refractivity contribution is 5.89. The first kappa shape index (κ1) is 12.5. The second-order valence-electron chi connectivity index (χ2n) is 5.81. The SMILES string of the molecule is CC(C)n1cc(CN2CCCC2)c2c(O)cccc21. The van der Waals surface area contributed by atoms with Gasteiger partial charge in [0.25, 0.3) is 0 Å². The van der Waals surface area contributed by atoms with Gasteiger partial charge in [-0.3, -0.25) is 4.90 Å². The Morgan fingerprint density at radius 2 is 1.95 bits per heavy atom. The van der Waals surface area contributed by atoms with E-state index in [1.807, 2.05) is 6.07 Å². The number of hydrogen-bond acceptors (Lipinski definition) is 2. The first-order chi connectivity index (χ1) is 9.16. The molecule has 0 atom stereocenters. The van der Waals surface area contributed by atoms with Crippen LogP contribution in [0.25, 0.3) is 10.9 Å². The van der Waals surface area contributed by atoms with Crippen molar-refractivity contribution in [3.8, 4) is 5.75 Å². The number of nitrogens with zero attached hydrogens (tertiary/aromatic N) is 2. The minimum Gasteiger partial charge on any atom is -0.507 e. The molecule has 0 spiro atoms. The summed E-state index contributed by atoms with van der Waals surface area (Å²) < 4.78 is 2.26. The van der Waals surface area contributed by atoms with Crippen molar-refractivity contribution >= 4 is 10.9 Å². The van der Waals surface area contributed by atoms with Crippen molar-refractivity contribution in [1.82, 2.24) is 9.47 Å².